The minimum atomic E-state index is 0.247. The first-order chi connectivity index (χ1) is 31.1. The number of nitrogens with two attached hydrogens (primary N) is 3. The maximum absolute atomic E-state index is 12.2. The molecule has 0 amide bonds. The van der Waals surface area contributed by atoms with Crippen molar-refractivity contribution in [2.75, 3.05) is 23.5 Å². The highest BCUT2D eigenvalue weighted by Crippen LogP contribution is 2.23. The van der Waals surface area contributed by atoms with Gasteiger partial charge in [-0.15, -0.1) is 0 Å². The van der Waals surface area contributed by atoms with Crippen LogP contribution in [0.25, 0.3) is 50.3 Å². The van der Waals surface area contributed by atoms with E-state index in [1.165, 1.54) is 30.7 Å². The molecule has 7 aromatic heterocycles. The maximum atomic E-state index is 12.2. The van der Waals surface area contributed by atoms with Gasteiger partial charge in [0.05, 0.1) is 46.1 Å². The minimum Gasteiger partial charge on any atom is -0.383 e. The van der Waals surface area contributed by atoms with Gasteiger partial charge in [-0.1, -0.05) is 63.2 Å². The molecule has 19 nitrogen and oxygen atoms in total. The van der Waals surface area contributed by atoms with E-state index in [0.717, 1.165) is 46.1 Å². The number of rotatable bonds is 13. The molecule has 0 spiro atoms. The largest absolute Gasteiger partial charge is 0.383 e. The standard InChI is InChI=1S/C18H21N5O.C16H17N5O.C10H9N7S/c1-3-12(2)7-15(24)9-13-5-4-6-14(8-13)23-18-16(10-22-23)17(19)20-11-21-18;1-2-4-13(22)8-11-5-3-6-12(7-11)21-16-14(9-20-21)15(17)18-10-19-16;1-18-10-12-3-2-7(16-10)17-9-6(4-15-17)8(11)13-5-14-9/h4-6,8,10-12H,3,7,9H2,1-2H3,(H2,19,20,21);3,5-7,9-10H,2,4,8H2,1H3,(H2,17,18,19);2-5H,1H3,(H2,11,13,14). The van der Waals surface area contributed by atoms with Crippen LogP contribution in [0, 0.1) is 5.92 Å². The van der Waals surface area contributed by atoms with E-state index >= 15 is 0 Å². The Morgan fingerprint density at radius 1 is 0.641 bits per heavy atom. The van der Waals surface area contributed by atoms with Crippen molar-refractivity contribution in [1.29, 1.82) is 0 Å². The van der Waals surface area contributed by atoms with E-state index in [0.29, 0.717) is 82.4 Å². The number of ketones is 2. The molecular formula is C44H47N17O2S. The molecule has 0 fully saturated rings. The fraction of sp³-hybridized carbons (Fsp3) is 0.250. The second-order valence-electron chi connectivity index (χ2n) is 14.8. The van der Waals surface area contributed by atoms with E-state index in [4.69, 9.17) is 17.2 Å². The predicted molar refractivity (Wildman–Crippen MR) is 247 cm³/mol. The zero-order chi connectivity index (χ0) is 45.2. The van der Waals surface area contributed by atoms with E-state index in [1.54, 1.807) is 44.9 Å². The number of nitrogen functional groups attached to an aromatic ring is 3. The lowest BCUT2D eigenvalue weighted by Gasteiger charge is -2.09. The van der Waals surface area contributed by atoms with Crippen LogP contribution < -0.4 is 17.2 Å². The van der Waals surface area contributed by atoms with Gasteiger partial charge in [0.15, 0.2) is 27.9 Å². The Morgan fingerprint density at radius 3 is 1.61 bits per heavy atom. The molecule has 9 rings (SSSR count). The summed E-state index contributed by atoms with van der Waals surface area (Å²) in [6.07, 6.45) is 16.8. The molecule has 326 valence electrons. The summed E-state index contributed by atoms with van der Waals surface area (Å²) in [6, 6.07) is 17.3. The van der Waals surface area contributed by atoms with Gasteiger partial charge in [-0.05, 0) is 54.0 Å². The first kappa shape index (κ1) is 44.3. The van der Waals surface area contributed by atoms with E-state index in [-0.39, 0.29) is 11.6 Å². The van der Waals surface area contributed by atoms with Crippen molar-refractivity contribution in [3.63, 3.8) is 0 Å². The summed E-state index contributed by atoms with van der Waals surface area (Å²) in [5.41, 5.74) is 23.1. The number of Topliss-reactive ketones (excluding diaryl/α,β-unsaturated/α-hetero) is 2. The van der Waals surface area contributed by atoms with Crippen LogP contribution in [-0.2, 0) is 22.4 Å². The number of benzene rings is 2. The van der Waals surface area contributed by atoms with Crippen LogP contribution in [0.1, 0.15) is 57.6 Å². The van der Waals surface area contributed by atoms with Crippen LogP contribution in [0.4, 0.5) is 17.5 Å². The van der Waals surface area contributed by atoms with Crippen LogP contribution in [-0.4, -0.2) is 87.0 Å². The van der Waals surface area contributed by atoms with Crippen LogP contribution in [0.15, 0.2) is 104 Å². The maximum Gasteiger partial charge on any atom is 0.189 e. The number of thioether (sulfide) groups is 1. The topological polar surface area (TPSA) is 269 Å². The second-order valence-corrected chi connectivity index (χ2v) is 15.6. The summed E-state index contributed by atoms with van der Waals surface area (Å²) < 4.78 is 5.05. The van der Waals surface area contributed by atoms with Gasteiger partial charge in [0.25, 0.3) is 0 Å². The molecule has 7 heterocycles. The molecule has 64 heavy (non-hydrogen) atoms. The number of hydrogen-bond acceptors (Lipinski definition) is 17. The Labute approximate surface area is 372 Å². The van der Waals surface area contributed by atoms with Gasteiger partial charge in [0, 0.05) is 37.9 Å². The predicted octanol–water partition coefficient (Wildman–Crippen LogP) is 6.16. The molecule has 20 heteroatoms. The number of aromatic nitrogens is 14. The molecule has 1 atom stereocenters. The highest BCUT2D eigenvalue weighted by atomic mass is 32.2. The lowest BCUT2D eigenvalue weighted by molar-refractivity contribution is -0.119. The molecule has 1 unspecified atom stereocenters. The lowest BCUT2D eigenvalue weighted by atomic mass is 9.98. The van der Waals surface area contributed by atoms with Crippen molar-refractivity contribution < 1.29 is 9.59 Å². The molecule has 6 N–H and O–H groups in total. The highest BCUT2D eigenvalue weighted by molar-refractivity contribution is 7.98. The van der Waals surface area contributed by atoms with Gasteiger partial charge in [0.1, 0.15) is 48.0 Å². The first-order valence-electron chi connectivity index (χ1n) is 20.5. The summed E-state index contributed by atoms with van der Waals surface area (Å²) in [4.78, 5) is 57.0. The Morgan fingerprint density at radius 2 is 1.12 bits per heavy atom. The monoisotopic (exact) mass is 877 g/mol. The van der Waals surface area contributed by atoms with Gasteiger partial charge in [-0.2, -0.15) is 20.0 Å². The smallest absolute Gasteiger partial charge is 0.189 e. The summed E-state index contributed by atoms with van der Waals surface area (Å²) in [7, 11) is 0. The van der Waals surface area contributed by atoms with Crippen LogP contribution in [0.2, 0.25) is 0 Å². The van der Waals surface area contributed by atoms with Crippen LogP contribution in [0.3, 0.4) is 0 Å². The lowest BCUT2D eigenvalue weighted by Crippen LogP contribution is -2.08. The van der Waals surface area contributed by atoms with Crippen molar-refractivity contribution >= 4 is 73.9 Å². The zero-order valence-electron chi connectivity index (χ0n) is 35.8. The minimum absolute atomic E-state index is 0.247. The number of nitrogens with zero attached hydrogens (tertiary/aromatic N) is 14. The van der Waals surface area contributed by atoms with Crippen molar-refractivity contribution in [2.24, 2.45) is 5.92 Å². The number of anilines is 3. The third-order valence-electron chi connectivity index (χ3n) is 10.1. The van der Waals surface area contributed by atoms with E-state index in [2.05, 4.69) is 69.0 Å². The summed E-state index contributed by atoms with van der Waals surface area (Å²) >= 11 is 1.47. The molecule has 0 radical (unpaired) electrons. The van der Waals surface area contributed by atoms with Gasteiger partial charge in [-0.25, -0.2) is 49.2 Å². The second kappa shape index (κ2) is 20.4. The Kier molecular flexibility index (Phi) is 14.1. The number of hydrogen-bond donors (Lipinski definition) is 3. The Balaban J connectivity index is 0.000000145. The fourth-order valence-corrected chi connectivity index (χ4v) is 7.06. The van der Waals surface area contributed by atoms with Crippen molar-refractivity contribution in [3.05, 3.63) is 109 Å². The molecule has 0 saturated heterocycles. The summed E-state index contributed by atoms with van der Waals surface area (Å²) in [5, 5.41) is 15.8. The first-order valence-corrected chi connectivity index (χ1v) is 21.7. The Hall–Kier alpha value is -7.74. The van der Waals surface area contributed by atoms with Gasteiger partial charge < -0.3 is 17.2 Å². The summed E-state index contributed by atoms with van der Waals surface area (Å²) in [6.45, 7) is 6.22. The van der Waals surface area contributed by atoms with Crippen LogP contribution in [0.5, 0.6) is 0 Å². The molecule has 2 aromatic carbocycles. The van der Waals surface area contributed by atoms with Crippen molar-refractivity contribution in [2.45, 2.75) is 64.5 Å². The third-order valence-corrected chi connectivity index (χ3v) is 10.7. The molecule has 0 aliphatic rings. The quantitative estimate of drug-likeness (QED) is 0.0863. The average Bonchev–Trinajstić information content (AvgIpc) is 4.06. The average molecular weight is 878 g/mol. The normalized spacial score (nSPS) is 11.5. The number of fused-ring (bicyclic) bond motifs is 3. The molecule has 0 aliphatic heterocycles. The zero-order valence-corrected chi connectivity index (χ0v) is 36.6. The van der Waals surface area contributed by atoms with E-state index < -0.39 is 0 Å². The molecule has 0 bridgehead atoms. The Bertz CT molecular complexity index is 3050. The van der Waals surface area contributed by atoms with Gasteiger partial charge in [-0.3, -0.25) is 9.59 Å². The van der Waals surface area contributed by atoms with Gasteiger partial charge in [0.2, 0.25) is 0 Å². The number of carbonyl (C=O) groups is 2. The van der Waals surface area contributed by atoms with E-state index in [1.807, 2.05) is 61.7 Å². The molecular weight excluding hydrogens is 831 g/mol. The van der Waals surface area contributed by atoms with Crippen LogP contribution >= 0.6 is 11.8 Å². The fourth-order valence-electron chi connectivity index (χ4n) is 6.70. The number of carbonyl (C=O) groups excluding carboxylic acids is 2. The molecule has 9 aromatic rings. The summed E-state index contributed by atoms with van der Waals surface area (Å²) in [5.74, 6) is 2.81. The van der Waals surface area contributed by atoms with Crippen molar-refractivity contribution in [3.8, 4) is 17.2 Å². The van der Waals surface area contributed by atoms with E-state index in [9.17, 15) is 9.59 Å². The van der Waals surface area contributed by atoms with Crippen molar-refractivity contribution in [1.82, 2.24) is 69.2 Å². The van der Waals surface area contributed by atoms with Gasteiger partial charge >= 0.3 is 0 Å². The SMILES string of the molecule is CCC(C)CC(=O)Cc1cccc(-n2ncc3c(N)ncnc32)c1.CCCC(=O)Cc1cccc(-n2ncc3c(N)ncnc32)c1.CSc1nccc(-n2ncc3c(N)ncnc32)n1. The molecule has 0 saturated carbocycles. The highest BCUT2D eigenvalue weighted by Gasteiger charge is 2.14. The third kappa shape index (κ3) is 10.3. The molecule has 0 aliphatic carbocycles.